The van der Waals surface area contributed by atoms with Gasteiger partial charge >= 0.3 is 6.09 Å². The number of carbonyl (C=O) groups is 2. The van der Waals surface area contributed by atoms with Gasteiger partial charge in [-0.05, 0) is 25.0 Å². The minimum atomic E-state index is -1.15. The fraction of sp³-hybridized carbons (Fsp3) is 0.269. The number of nitrogens with one attached hydrogen (secondary N) is 2. The van der Waals surface area contributed by atoms with Gasteiger partial charge in [0.25, 0.3) is 0 Å². The SMILES string of the molecule is COc1cc(OC[C@H]2CCCN2C(=O)O)c2c(Nc3cnn(CC(=O)Nc4cccc(F)c4F)c3)ncnc2c1. The standard InChI is InChI=1S/C26H25F2N7O5/c1-39-17-8-20-23(21(9-17)40-13-16-4-3-7-35(16)26(37)38)25(30-14-29-20)32-15-10-31-34(11-15)12-22(36)33-19-6-2-5-18(27)24(19)28/h2,5-6,8-11,14,16H,3-4,7,12-13H2,1H3,(H,33,36)(H,37,38)(H,29,30,32)/t16-/m1/s1. The zero-order chi connectivity index (χ0) is 28.2. The lowest BCUT2D eigenvalue weighted by Gasteiger charge is -2.22. The molecule has 0 aliphatic carbocycles. The predicted octanol–water partition coefficient (Wildman–Crippen LogP) is 4.02. The summed E-state index contributed by atoms with van der Waals surface area (Å²) in [6.45, 7) is 0.342. The number of rotatable bonds is 9. The molecule has 2 amide bonds. The van der Waals surface area contributed by atoms with E-state index in [4.69, 9.17) is 9.47 Å². The number of likely N-dealkylation sites (tertiary alicyclic amines) is 1. The Morgan fingerprint density at radius 1 is 1.23 bits per heavy atom. The van der Waals surface area contributed by atoms with Gasteiger partial charge in [-0.15, -0.1) is 0 Å². The molecule has 1 aliphatic heterocycles. The molecule has 0 spiro atoms. The third kappa shape index (κ3) is 5.70. The Bertz CT molecular complexity index is 1560. The van der Waals surface area contributed by atoms with Crippen LogP contribution in [-0.2, 0) is 11.3 Å². The zero-order valence-electron chi connectivity index (χ0n) is 21.3. The Balaban J connectivity index is 1.34. The maximum atomic E-state index is 13.9. The van der Waals surface area contributed by atoms with Crippen molar-refractivity contribution in [1.29, 1.82) is 0 Å². The van der Waals surface area contributed by atoms with Crippen LogP contribution in [0.15, 0.2) is 49.1 Å². The van der Waals surface area contributed by atoms with Crippen molar-refractivity contribution in [2.45, 2.75) is 25.4 Å². The van der Waals surface area contributed by atoms with Gasteiger partial charge in [-0.3, -0.25) is 9.48 Å². The Morgan fingerprint density at radius 3 is 2.88 bits per heavy atom. The van der Waals surface area contributed by atoms with Crippen LogP contribution in [0.4, 0.5) is 30.8 Å². The van der Waals surface area contributed by atoms with E-state index in [9.17, 15) is 23.5 Å². The van der Waals surface area contributed by atoms with Gasteiger partial charge in [0, 0.05) is 24.9 Å². The third-order valence-corrected chi connectivity index (χ3v) is 6.39. The van der Waals surface area contributed by atoms with Crippen molar-refractivity contribution in [3.8, 4) is 11.5 Å². The molecule has 0 saturated carbocycles. The molecule has 1 fully saturated rings. The summed E-state index contributed by atoms with van der Waals surface area (Å²) in [6, 6.07) is 6.61. The fourth-order valence-electron chi connectivity index (χ4n) is 4.49. The maximum Gasteiger partial charge on any atom is 0.407 e. The van der Waals surface area contributed by atoms with Gasteiger partial charge in [-0.25, -0.2) is 23.5 Å². The van der Waals surface area contributed by atoms with Crippen LogP contribution in [0.3, 0.4) is 0 Å². The van der Waals surface area contributed by atoms with Crippen LogP contribution >= 0.6 is 0 Å². The largest absolute Gasteiger partial charge is 0.497 e. The average Bonchev–Trinajstić information content (AvgIpc) is 3.59. The molecule has 0 unspecified atom stereocenters. The van der Waals surface area contributed by atoms with Crippen molar-refractivity contribution in [1.82, 2.24) is 24.6 Å². The average molecular weight is 554 g/mol. The van der Waals surface area contributed by atoms with Crippen LogP contribution in [0.25, 0.3) is 10.9 Å². The van der Waals surface area contributed by atoms with Crippen molar-refractivity contribution in [3.63, 3.8) is 0 Å². The number of carbonyl (C=O) groups excluding carboxylic acids is 1. The van der Waals surface area contributed by atoms with Crippen molar-refractivity contribution >= 4 is 40.1 Å². The molecule has 5 rings (SSSR count). The topological polar surface area (TPSA) is 144 Å². The summed E-state index contributed by atoms with van der Waals surface area (Å²) in [5.74, 6) is -1.52. The summed E-state index contributed by atoms with van der Waals surface area (Å²) in [6.07, 6.45) is 4.84. The molecule has 2 aromatic carbocycles. The van der Waals surface area contributed by atoms with Gasteiger partial charge in [-0.1, -0.05) is 6.07 Å². The predicted molar refractivity (Wildman–Crippen MR) is 140 cm³/mol. The summed E-state index contributed by atoms with van der Waals surface area (Å²) in [4.78, 5) is 33.9. The first-order chi connectivity index (χ1) is 19.3. The molecule has 12 nitrogen and oxygen atoms in total. The second-order valence-corrected chi connectivity index (χ2v) is 9.03. The van der Waals surface area contributed by atoms with E-state index in [1.54, 1.807) is 18.3 Å². The number of ether oxygens (including phenoxy) is 2. The highest BCUT2D eigenvalue weighted by molar-refractivity contribution is 5.96. The summed E-state index contributed by atoms with van der Waals surface area (Å²) in [5.41, 5.74) is 0.742. The van der Waals surface area contributed by atoms with E-state index in [1.165, 1.54) is 41.3 Å². The van der Waals surface area contributed by atoms with E-state index in [2.05, 4.69) is 25.7 Å². The number of aromatic nitrogens is 4. The highest BCUT2D eigenvalue weighted by Gasteiger charge is 2.29. The van der Waals surface area contributed by atoms with Gasteiger partial charge in [0.1, 0.15) is 36.8 Å². The molecule has 0 radical (unpaired) electrons. The number of anilines is 3. The molecule has 1 atom stereocenters. The quantitative estimate of drug-likeness (QED) is 0.280. The monoisotopic (exact) mass is 553 g/mol. The second kappa shape index (κ2) is 11.4. The lowest BCUT2D eigenvalue weighted by Crippen LogP contribution is -2.38. The molecule has 14 heteroatoms. The first kappa shape index (κ1) is 26.6. The number of nitrogens with zero attached hydrogens (tertiary/aromatic N) is 5. The third-order valence-electron chi connectivity index (χ3n) is 6.39. The number of hydrogen-bond acceptors (Lipinski definition) is 8. The molecule has 208 valence electrons. The van der Waals surface area contributed by atoms with E-state index >= 15 is 0 Å². The normalized spacial score (nSPS) is 14.8. The molecule has 1 saturated heterocycles. The highest BCUT2D eigenvalue weighted by Crippen LogP contribution is 2.36. The van der Waals surface area contributed by atoms with Crippen LogP contribution in [-0.4, -0.2) is 68.1 Å². The Morgan fingerprint density at radius 2 is 2.08 bits per heavy atom. The molecule has 1 aliphatic rings. The van der Waals surface area contributed by atoms with Gasteiger partial charge in [0.2, 0.25) is 5.91 Å². The Hall–Kier alpha value is -5.01. The minimum absolute atomic E-state index is 0.141. The van der Waals surface area contributed by atoms with Gasteiger partial charge in [0.05, 0.1) is 41.6 Å². The van der Waals surface area contributed by atoms with Gasteiger partial charge in [0.15, 0.2) is 11.6 Å². The van der Waals surface area contributed by atoms with E-state index in [0.29, 0.717) is 46.9 Å². The van der Waals surface area contributed by atoms with Crippen LogP contribution in [0.5, 0.6) is 11.5 Å². The molecule has 3 N–H and O–H groups in total. The number of halogens is 2. The highest BCUT2D eigenvalue weighted by atomic mass is 19.2. The van der Waals surface area contributed by atoms with Crippen molar-refractivity contribution in [3.05, 3.63) is 60.7 Å². The second-order valence-electron chi connectivity index (χ2n) is 9.03. The number of methoxy groups -OCH3 is 1. The van der Waals surface area contributed by atoms with E-state index in [1.807, 2.05) is 0 Å². The Kier molecular flexibility index (Phi) is 7.57. The zero-order valence-corrected chi connectivity index (χ0v) is 21.3. The fourth-order valence-corrected chi connectivity index (χ4v) is 4.49. The summed E-state index contributed by atoms with van der Waals surface area (Å²) >= 11 is 0. The van der Waals surface area contributed by atoms with Crippen LogP contribution in [0, 0.1) is 11.6 Å². The minimum Gasteiger partial charge on any atom is -0.497 e. The van der Waals surface area contributed by atoms with Crippen LogP contribution in [0.1, 0.15) is 12.8 Å². The van der Waals surface area contributed by atoms with Crippen molar-refractivity contribution in [2.75, 3.05) is 30.9 Å². The molecule has 4 aromatic rings. The number of fused-ring (bicyclic) bond motifs is 1. The van der Waals surface area contributed by atoms with Gasteiger partial charge < -0.3 is 30.1 Å². The first-order valence-corrected chi connectivity index (χ1v) is 12.3. The summed E-state index contributed by atoms with van der Waals surface area (Å²) in [5, 5.41) is 19.6. The number of carboxylic acid groups (broad SMARTS) is 1. The van der Waals surface area contributed by atoms with Crippen molar-refractivity contribution in [2.24, 2.45) is 0 Å². The molecule has 0 bridgehead atoms. The Labute approximate surface area is 226 Å². The van der Waals surface area contributed by atoms with Gasteiger partial charge in [-0.2, -0.15) is 5.10 Å². The molecule has 2 aromatic heterocycles. The molecule has 3 heterocycles. The first-order valence-electron chi connectivity index (χ1n) is 12.3. The van der Waals surface area contributed by atoms with E-state index in [-0.39, 0.29) is 24.9 Å². The van der Waals surface area contributed by atoms with E-state index in [0.717, 1.165) is 12.5 Å². The molecule has 40 heavy (non-hydrogen) atoms. The summed E-state index contributed by atoms with van der Waals surface area (Å²) < 4.78 is 40.1. The number of benzene rings is 2. The lowest BCUT2D eigenvalue weighted by atomic mass is 10.2. The summed E-state index contributed by atoms with van der Waals surface area (Å²) in [7, 11) is 1.52. The molecular formula is C26H25F2N7O5. The van der Waals surface area contributed by atoms with Crippen LogP contribution < -0.4 is 20.1 Å². The maximum absolute atomic E-state index is 13.9. The van der Waals surface area contributed by atoms with Crippen molar-refractivity contribution < 1.29 is 33.0 Å². The number of hydrogen-bond donors (Lipinski definition) is 3. The van der Waals surface area contributed by atoms with E-state index < -0.39 is 23.6 Å². The van der Waals surface area contributed by atoms with Crippen LogP contribution in [0.2, 0.25) is 0 Å². The lowest BCUT2D eigenvalue weighted by molar-refractivity contribution is -0.116. The molecular weight excluding hydrogens is 528 g/mol. The smallest absolute Gasteiger partial charge is 0.407 e. The number of amides is 2.